The summed E-state index contributed by atoms with van der Waals surface area (Å²) in [5, 5.41) is 11.7. The van der Waals surface area contributed by atoms with Gasteiger partial charge in [-0.25, -0.2) is 0 Å². The molecule has 0 saturated heterocycles. The molecule has 2 rings (SSSR count). The Balaban J connectivity index is 1.87. The number of carbonyl (C=O) groups excluding carboxylic acids is 1. The lowest BCUT2D eigenvalue weighted by molar-refractivity contribution is -0.124. The van der Waals surface area contributed by atoms with Crippen molar-refractivity contribution in [2.45, 2.75) is 26.3 Å². The number of nitriles is 1. The number of rotatable bonds is 5. The summed E-state index contributed by atoms with van der Waals surface area (Å²) in [6, 6.07) is 9.66. The second-order valence-electron chi connectivity index (χ2n) is 4.45. The van der Waals surface area contributed by atoms with Crippen molar-refractivity contribution in [2.24, 2.45) is 5.41 Å². The average Bonchev–Trinajstić information content (AvgIpc) is 3.19. The monoisotopic (exact) mass is 244 g/mol. The van der Waals surface area contributed by atoms with E-state index in [0.717, 1.165) is 11.3 Å². The Bertz CT molecular complexity index is 470. The minimum atomic E-state index is -0.745. The Labute approximate surface area is 107 Å². The third-order valence-electron chi connectivity index (χ3n) is 3.09. The van der Waals surface area contributed by atoms with Crippen LogP contribution in [0.25, 0.3) is 0 Å². The van der Waals surface area contributed by atoms with Crippen LogP contribution in [-0.4, -0.2) is 12.5 Å². The lowest BCUT2D eigenvalue weighted by Gasteiger charge is -2.09. The van der Waals surface area contributed by atoms with Crippen molar-refractivity contribution < 1.29 is 9.53 Å². The number of hydrogen-bond acceptors (Lipinski definition) is 3. The van der Waals surface area contributed by atoms with Crippen LogP contribution in [0.4, 0.5) is 0 Å². The molecule has 1 aromatic carbocycles. The summed E-state index contributed by atoms with van der Waals surface area (Å²) in [6.45, 7) is 3.03. The van der Waals surface area contributed by atoms with Crippen molar-refractivity contribution in [2.75, 3.05) is 6.61 Å². The maximum Gasteiger partial charge on any atom is 0.240 e. The number of carbonyl (C=O) groups is 1. The maximum absolute atomic E-state index is 11.7. The van der Waals surface area contributed by atoms with Gasteiger partial charge in [-0.2, -0.15) is 5.26 Å². The molecule has 0 heterocycles. The van der Waals surface area contributed by atoms with Crippen LogP contribution in [0.15, 0.2) is 24.3 Å². The second-order valence-corrected chi connectivity index (χ2v) is 4.45. The Morgan fingerprint density at radius 2 is 2.11 bits per heavy atom. The fraction of sp³-hybridized carbons (Fsp3) is 0.429. The van der Waals surface area contributed by atoms with Gasteiger partial charge in [0.2, 0.25) is 5.91 Å². The second kappa shape index (κ2) is 5.09. The van der Waals surface area contributed by atoms with Gasteiger partial charge in [0, 0.05) is 6.54 Å². The smallest absolute Gasteiger partial charge is 0.240 e. The first-order valence-corrected chi connectivity index (χ1v) is 6.11. The molecule has 0 unspecified atom stereocenters. The van der Waals surface area contributed by atoms with Crippen molar-refractivity contribution in [3.63, 3.8) is 0 Å². The number of nitrogens with one attached hydrogen (secondary N) is 1. The topological polar surface area (TPSA) is 62.1 Å². The lowest BCUT2D eigenvalue weighted by atomic mass is 10.1. The molecule has 0 atom stereocenters. The standard InChI is InChI=1S/C14H16N2O2/c1-2-18-12-5-3-11(4-6-12)9-16-13(17)14(10-15)7-8-14/h3-6H,2,7-9H2,1H3,(H,16,17). The van der Waals surface area contributed by atoms with Crippen LogP contribution < -0.4 is 10.1 Å². The van der Waals surface area contributed by atoms with E-state index in [-0.39, 0.29) is 5.91 Å². The van der Waals surface area contributed by atoms with Gasteiger partial charge in [-0.1, -0.05) is 12.1 Å². The van der Waals surface area contributed by atoms with Crippen LogP contribution in [0.5, 0.6) is 5.75 Å². The van der Waals surface area contributed by atoms with Crippen LogP contribution in [0.1, 0.15) is 25.3 Å². The van der Waals surface area contributed by atoms with E-state index in [1.807, 2.05) is 31.2 Å². The van der Waals surface area contributed by atoms with Crippen LogP contribution in [0.2, 0.25) is 0 Å². The van der Waals surface area contributed by atoms with Crippen LogP contribution in [-0.2, 0) is 11.3 Å². The van der Waals surface area contributed by atoms with E-state index in [0.29, 0.717) is 26.0 Å². The van der Waals surface area contributed by atoms with E-state index in [1.54, 1.807) is 0 Å². The number of nitrogens with zero attached hydrogens (tertiary/aromatic N) is 1. The molecule has 1 aliphatic rings. The molecule has 0 bridgehead atoms. The van der Waals surface area contributed by atoms with Gasteiger partial charge in [-0.05, 0) is 37.5 Å². The van der Waals surface area contributed by atoms with Crippen molar-refractivity contribution in [1.29, 1.82) is 5.26 Å². The number of ether oxygens (including phenoxy) is 1. The summed E-state index contributed by atoms with van der Waals surface area (Å²) in [5.41, 5.74) is 0.256. The highest BCUT2D eigenvalue weighted by Gasteiger charge is 2.50. The third-order valence-corrected chi connectivity index (χ3v) is 3.09. The predicted octanol–water partition coefficient (Wildman–Crippen LogP) is 2.01. The van der Waals surface area contributed by atoms with E-state index in [1.165, 1.54) is 0 Å². The molecule has 0 aromatic heterocycles. The molecule has 0 spiro atoms. The zero-order valence-electron chi connectivity index (χ0n) is 10.4. The minimum Gasteiger partial charge on any atom is -0.494 e. The molecule has 94 valence electrons. The molecule has 1 saturated carbocycles. The zero-order chi connectivity index (χ0) is 13.0. The molecule has 0 radical (unpaired) electrons. The molecular formula is C14H16N2O2. The van der Waals surface area contributed by atoms with Crippen LogP contribution in [0, 0.1) is 16.7 Å². The summed E-state index contributed by atoms with van der Waals surface area (Å²) in [4.78, 5) is 11.7. The Hall–Kier alpha value is -2.02. The molecule has 18 heavy (non-hydrogen) atoms. The van der Waals surface area contributed by atoms with Gasteiger partial charge in [0.15, 0.2) is 0 Å². The fourth-order valence-corrected chi connectivity index (χ4v) is 1.74. The fourth-order valence-electron chi connectivity index (χ4n) is 1.74. The quantitative estimate of drug-likeness (QED) is 0.861. The Morgan fingerprint density at radius 1 is 1.44 bits per heavy atom. The predicted molar refractivity (Wildman–Crippen MR) is 66.7 cm³/mol. The summed E-state index contributed by atoms with van der Waals surface area (Å²) in [5.74, 6) is 0.669. The summed E-state index contributed by atoms with van der Waals surface area (Å²) in [6.07, 6.45) is 1.36. The SMILES string of the molecule is CCOc1ccc(CNC(=O)C2(C#N)CC2)cc1. The number of hydrogen-bond donors (Lipinski definition) is 1. The molecule has 4 nitrogen and oxygen atoms in total. The first-order valence-electron chi connectivity index (χ1n) is 6.11. The highest BCUT2D eigenvalue weighted by Crippen LogP contribution is 2.44. The molecule has 1 amide bonds. The molecule has 1 N–H and O–H groups in total. The van der Waals surface area contributed by atoms with E-state index in [4.69, 9.17) is 10.00 Å². The van der Waals surface area contributed by atoms with E-state index < -0.39 is 5.41 Å². The van der Waals surface area contributed by atoms with Gasteiger partial charge in [0.25, 0.3) is 0 Å². The summed E-state index contributed by atoms with van der Waals surface area (Å²) in [7, 11) is 0. The van der Waals surface area contributed by atoms with Gasteiger partial charge < -0.3 is 10.1 Å². The highest BCUT2D eigenvalue weighted by molar-refractivity contribution is 5.88. The number of benzene rings is 1. The average molecular weight is 244 g/mol. The van der Waals surface area contributed by atoms with Crippen molar-refractivity contribution in [3.8, 4) is 11.8 Å². The Kier molecular flexibility index (Phi) is 3.52. The van der Waals surface area contributed by atoms with E-state index >= 15 is 0 Å². The number of amides is 1. The normalized spacial score (nSPS) is 15.6. The molecule has 1 aromatic rings. The molecule has 4 heteroatoms. The summed E-state index contributed by atoms with van der Waals surface area (Å²) >= 11 is 0. The van der Waals surface area contributed by atoms with Gasteiger partial charge in [-0.3, -0.25) is 4.79 Å². The van der Waals surface area contributed by atoms with Crippen LogP contribution in [0.3, 0.4) is 0 Å². The molecule has 1 aliphatic carbocycles. The lowest BCUT2D eigenvalue weighted by Crippen LogP contribution is -2.30. The van der Waals surface area contributed by atoms with Crippen LogP contribution >= 0.6 is 0 Å². The Morgan fingerprint density at radius 3 is 2.61 bits per heavy atom. The van der Waals surface area contributed by atoms with E-state index in [2.05, 4.69) is 11.4 Å². The van der Waals surface area contributed by atoms with Crippen molar-refractivity contribution >= 4 is 5.91 Å². The van der Waals surface area contributed by atoms with Gasteiger partial charge in [0.1, 0.15) is 11.2 Å². The van der Waals surface area contributed by atoms with Gasteiger partial charge in [-0.15, -0.1) is 0 Å². The van der Waals surface area contributed by atoms with Gasteiger partial charge >= 0.3 is 0 Å². The van der Waals surface area contributed by atoms with Crippen molar-refractivity contribution in [1.82, 2.24) is 5.32 Å². The molecular weight excluding hydrogens is 228 g/mol. The first kappa shape index (κ1) is 12.4. The largest absolute Gasteiger partial charge is 0.494 e. The highest BCUT2D eigenvalue weighted by atomic mass is 16.5. The third kappa shape index (κ3) is 2.62. The zero-order valence-corrected chi connectivity index (χ0v) is 10.4. The van der Waals surface area contributed by atoms with Crippen molar-refractivity contribution in [3.05, 3.63) is 29.8 Å². The molecule has 0 aliphatic heterocycles. The maximum atomic E-state index is 11.7. The first-order chi connectivity index (χ1) is 8.70. The van der Waals surface area contributed by atoms with Gasteiger partial charge in [0.05, 0.1) is 12.7 Å². The minimum absolute atomic E-state index is 0.154. The molecule has 1 fully saturated rings. The summed E-state index contributed by atoms with van der Waals surface area (Å²) < 4.78 is 5.34. The van der Waals surface area contributed by atoms with E-state index in [9.17, 15) is 4.79 Å².